The predicted molar refractivity (Wildman–Crippen MR) is 93.7 cm³/mol. The van der Waals surface area contributed by atoms with Crippen LogP contribution in [-0.2, 0) is 20.8 Å². The number of aliphatic carboxylic acids is 1. The summed E-state index contributed by atoms with van der Waals surface area (Å²) in [6.45, 7) is 3.55. The molecular weight excluding hydrogens is 345 g/mol. The van der Waals surface area contributed by atoms with Crippen LogP contribution in [0.3, 0.4) is 0 Å². The highest BCUT2D eigenvalue weighted by molar-refractivity contribution is 8.14. The van der Waals surface area contributed by atoms with Crippen molar-refractivity contribution in [1.29, 1.82) is 0 Å². The van der Waals surface area contributed by atoms with E-state index in [1.54, 1.807) is 19.1 Å². The number of halogens is 1. The molecule has 1 heterocycles. The molecule has 136 valence electrons. The van der Waals surface area contributed by atoms with E-state index >= 15 is 0 Å². The number of amides is 1. The smallest absolute Gasteiger partial charge is 0.326 e. The Kier molecular flexibility index (Phi) is 6.58. The molecule has 0 unspecified atom stereocenters. The molecule has 1 N–H and O–H groups in total. The Hall–Kier alpha value is -1.89. The number of likely N-dealkylation sites (tertiary alicyclic amines) is 1. The van der Waals surface area contributed by atoms with Gasteiger partial charge in [-0.15, -0.1) is 0 Å². The van der Waals surface area contributed by atoms with Crippen molar-refractivity contribution in [2.75, 3.05) is 6.54 Å². The van der Waals surface area contributed by atoms with Gasteiger partial charge in [0.1, 0.15) is 11.9 Å². The van der Waals surface area contributed by atoms with Gasteiger partial charge in [-0.25, -0.2) is 9.18 Å². The van der Waals surface area contributed by atoms with Gasteiger partial charge >= 0.3 is 5.97 Å². The first-order valence-corrected chi connectivity index (χ1v) is 9.12. The molecule has 2 rings (SSSR count). The maximum Gasteiger partial charge on any atom is 0.326 e. The van der Waals surface area contributed by atoms with Gasteiger partial charge in [0.2, 0.25) is 5.91 Å². The van der Waals surface area contributed by atoms with Crippen LogP contribution in [0.25, 0.3) is 0 Å². The van der Waals surface area contributed by atoms with Crippen LogP contribution in [0.1, 0.15) is 32.3 Å². The summed E-state index contributed by atoms with van der Waals surface area (Å²) in [7, 11) is 0. The van der Waals surface area contributed by atoms with Gasteiger partial charge < -0.3 is 10.0 Å². The van der Waals surface area contributed by atoms with Gasteiger partial charge in [-0.05, 0) is 37.0 Å². The molecule has 7 heteroatoms. The molecule has 0 spiro atoms. The Morgan fingerprint density at radius 1 is 1.40 bits per heavy atom. The molecule has 1 aromatic carbocycles. The molecule has 5 nitrogen and oxygen atoms in total. The van der Waals surface area contributed by atoms with E-state index in [-0.39, 0.29) is 22.1 Å². The van der Waals surface area contributed by atoms with Crippen molar-refractivity contribution in [3.63, 3.8) is 0 Å². The molecule has 1 aliphatic heterocycles. The molecule has 0 aliphatic carbocycles. The zero-order valence-electron chi connectivity index (χ0n) is 14.3. The lowest BCUT2D eigenvalue weighted by molar-refractivity contribution is -0.149. The van der Waals surface area contributed by atoms with Crippen molar-refractivity contribution >= 4 is 28.8 Å². The van der Waals surface area contributed by atoms with E-state index in [9.17, 15) is 23.9 Å². The van der Waals surface area contributed by atoms with Crippen LogP contribution in [0.2, 0.25) is 0 Å². The maximum atomic E-state index is 13.4. The quantitative estimate of drug-likeness (QED) is 0.837. The zero-order valence-corrected chi connectivity index (χ0v) is 15.1. The normalized spacial score (nSPS) is 19.5. The minimum atomic E-state index is -1.00. The van der Waals surface area contributed by atoms with Crippen molar-refractivity contribution in [3.8, 4) is 0 Å². The number of carboxylic acids is 1. The second kappa shape index (κ2) is 8.47. The van der Waals surface area contributed by atoms with Crippen LogP contribution in [0.5, 0.6) is 0 Å². The summed E-state index contributed by atoms with van der Waals surface area (Å²) in [6, 6.07) is 5.28. The highest BCUT2D eigenvalue weighted by atomic mass is 32.2. The number of benzene rings is 1. The number of hydrogen-bond acceptors (Lipinski definition) is 4. The van der Waals surface area contributed by atoms with Crippen LogP contribution in [0, 0.1) is 11.7 Å². The molecular formula is C18H22FNO4S. The van der Waals surface area contributed by atoms with Gasteiger partial charge in [0.15, 0.2) is 5.12 Å². The average molecular weight is 367 g/mol. The third kappa shape index (κ3) is 5.04. The van der Waals surface area contributed by atoms with Crippen LogP contribution in [0.4, 0.5) is 4.39 Å². The van der Waals surface area contributed by atoms with Gasteiger partial charge in [-0.1, -0.05) is 30.8 Å². The fraction of sp³-hybridized carbons (Fsp3) is 0.500. The first-order valence-electron chi connectivity index (χ1n) is 8.24. The summed E-state index contributed by atoms with van der Waals surface area (Å²) in [6.07, 6.45) is 1.46. The lowest BCUT2D eigenvalue weighted by atomic mass is 9.98. The first-order chi connectivity index (χ1) is 11.8. The third-order valence-electron chi connectivity index (χ3n) is 4.41. The monoisotopic (exact) mass is 367 g/mol. The number of hydrogen-bond donors (Lipinski definition) is 1. The van der Waals surface area contributed by atoms with Crippen molar-refractivity contribution in [2.24, 2.45) is 5.92 Å². The molecule has 1 fully saturated rings. The summed E-state index contributed by atoms with van der Waals surface area (Å²) >= 11 is 1.05. The number of carbonyl (C=O) groups excluding carboxylic acids is 2. The van der Waals surface area contributed by atoms with Gasteiger partial charge in [-0.3, -0.25) is 9.59 Å². The largest absolute Gasteiger partial charge is 0.480 e. The molecule has 0 saturated carbocycles. The topological polar surface area (TPSA) is 74.7 Å². The molecule has 1 amide bonds. The Morgan fingerprint density at radius 2 is 2.12 bits per heavy atom. The van der Waals surface area contributed by atoms with E-state index in [4.69, 9.17) is 0 Å². The molecule has 1 aliphatic rings. The lowest BCUT2D eigenvalue weighted by Crippen LogP contribution is -2.45. The zero-order chi connectivity index (χ0) is 18.6. The van der Waals surface area contributed by atoms with Crippen LogP contribution in [-0.4, -0.2) is 44.8 Å². The number of rotatable bonds is 6. The molecule has 1 saturated heterocycles. The number of carbonyl (C=O) groups is 3. The van der Waals surface area contributed by atoms with E-state index in [0.717, 1.165) is 11.8 Å². The number of thioether (sulfide) groups is 1. The van der Waals surface area contributed by atoms with Crippen LogP contribution in [0.15, 0.2) is 24.3 Å². The minimum absolute atomic E-state index is 0.128. The van der Waals surface area contributed by atoms with Gasteiger partial charge in [-0.2, -0.15) is 0 Å². The minimum Gasteiger partial charge on any atom is -0.480 e. The first kappa shape index (κ1) is 19.4. The van der Waals surface area contributed by atoms with Gasteiger partial charge in [0.25, 0.3) is 0 Å². The average Bonchev–Trinajstić information content (AvgIpc) is 3.02. The van der Waals surface area contributed by atoms with Crippen LogP contribution >= 0.6 is 11.8 Å². The second-order valence-corrected chi connectivity index (χ2v) is 7.71. The van der Waals surface area contributed by atoms with Crippen molar-refractivity contribution < 1.29 is 23.9 Å². The van der Waals surface area contributed by atoms with Gasteiger partial charge in [0.05, 0.1) is 0 Å². The second-order valence-electron chi connectivity index (χ2n) is 6.30. The van der Waals surface area contributed by atoms with Crippen molar-refractivity contribution in [2.45, 2.75) is 44.4 Å². The maximum absolute atomic E-state index is 13.4. The molecule has 1 aromatic rings. The predicted octanol–water partition coefficient (Wildman–Crippen LogP) is 2.73. The SMILES string of the molecule is CC(=O)S[C@H](Cc1cccc(F)c1)[C@@H](C)C(=O)N1CCC[C@H]1C(=O)O. The molecule has 25 heavy (non-hydrogen) atoms. The lowest BCUT2D eigenvalue weighted by Gasteiger charge is -2.29. The number of carboxylic acid groups (broad SMARTS) is 1. The summed E-state index contributed by atoms with van der Waals surface area (Å²) in [5, 5.41) is 8.77. The summed E-state index contributed by atoms with van der Waals surface area (Å²) in [4.78, 5) is 37.1. The van der Waals surface area contributed by atoms with Crippen molar-refractivity contribution in [1.82, 2.24) is 4.90 Å². The molecule has 0 bridgehead atoms. The highest BCUT2D eigenvalue weighted by Gasteiger charge is 2.38. The van der Waals surface area contributed by atoms with E-state index in [2.05, 4.69) is 0 Å². The van der Waals surface area contributed by atoms with E-state index in [1.165, 1.54) is 24.0 Å². The summed E-state index contributed by atoms with van der Waals surface area (Å²) < 4.78 is 13.4. The Balaban J connectivity index is 2.17. The molecule has 3 atom stereocenters. The summed E-state index contributed by atoms with van der Waals surface area (Å²) in [5.74, 6) is -2.18. The summed E-state index contributed by atoms with van der Waals surface area (Å²) in [5.41, 5.74) is 0.703. The van der Waals surface area contributed by atoms with E-state index in [1.807, 2.05) is 0 Å². The van der Waals surface area contributed by atoms with Gasteiger partial charge in [0, 0.05) is 24.6 Å². The molecule has 0 radical (unpaired) electrons. The standard InChI is InChI=1S/C18H22FNO4S/c1-11(17(22)20-8-4-7-15(20)18(23)24)16(25-12(2)21)10-13-5-3-6-14(19)9-13/h3,5-6,9,11,15-16H,4,7-8,10H2,1-2H3,(H,23,24)/t11-,15+,16-/m1/s1. The molecule has 0 aromatic heterocycles. The number of nitrogens with zero attached hydrogens (tertiary/aromatic N) is 1. The third-order valence-corrected chi connectivity index (χ3v) is 5.62. The van der Waals surface area contributed by atoms with E-state index < -0.39 is 17.9 Å². The fourth-order valence-corrected chi connectivity index (χ4v) is 4.16. The Labute approximate surface area is 150 Å². The Bertz CT molecular complexity index is 666. The fourth-order valence-electron chi connectivity index (χ4n) is 3.14. The van der Waals surface area contributed by atoms with Crippen molar-refractivity contribution in [3.05, 3.63) is 35.6 Å². The Morgan fingerprint density at radius 3 is 2.72 bits per heavy atom. The van der Waals surface area contributed by atoms with Crippen LogP contribution < -0.4 is 0 Å². The van der Waals surface area contributed by atoms with E-state index in [0.29, 0.717) is 31.4 Å². The highest BCUT2D eigenvalue weighted by Crippen LogP contribution is 2.29.